The first-order valence-corrected chi connectivity index (χ1v) is 6.28. The zero-order valence-corrected chi connectivity index (χ0v) is 12.1. The van der Waals surface area contributed by atoms with E-state index in [4.69, 9.17) is 0 Å². The average Bonchev–Trinajstić information content (AvgIpc) is 2.25. The highest BCUT2D eigenvalue weighted by Crippen LogP contribution is 2.29. The van der Waals surface area contributed by atoms with Crippen molar-refractivity contribution in [2.45, 2.75) is 19.1 Å². The fourth-order valence-corrected chi connectivity index (χ4v) is 2.33. The lowest BCUT2D eigenvalue weighted by molar-refractivity contribution is -0.119. The number of anilines is 1. The molecule has 0 fully saturated rings. The topological polar surface area (TPSA) is 15.3 Å². The van der Waals surface area contributed by atoms with Crippen LogP contribution in [-0.2, 0) is 0 Å². The highest BCUT2D eigenvalue weighted by Gasteiger charge is 2.29. The van der Waals surface area contributed by atoms with Gasteiger partial charge in [-0.25, -0.2) is 0 Å². The van der Waals surface area contributed by atoms with Gasteiger partial charge in [-0.05, 0) is 31.7 Å². The van der Waals surface area contributed by atoms with Crippen molar-refractivity contribution in [3.63, 3.8) is 0 Å². The van der Waals surface area contributed by atoms with Gasteiger partial charge < -0.3 is 10.2 Å². The van der Waals surface area contributed by atoms with Crippen molar-refractivity contribution in [1.29, 1.82) is 0 Å². The van der Waals surface area contributed by atoms with Gasteiger partial charge in [-0.2, -0.15) is 13.2 Å². The number of benzene rings is 1. The summed E-state index contributed by atoms with van der Waals surface area (Å²) < 4.78 is 37.7. The molecule has 0 aromatic heterocycles. The average molecular weight is 325 g/mol. The van der Waals surface area contributed by atoms with Gasteiger partial charge in [0.2, 0.25) is 0 Å². The molecule has 2 nitrogen and oxygen atoms in total. The molecule has 0 heterocycles. The maximum absolute atomic E-state index is 12.3. The summed E-state index contributed by atoms with van der Waals surface area (Å²) >= 11 is 3.39. The van der Waals surface area contributed by atoms with Crippen LogP contribution in [0.1, 0.15) is 18.5 Å². The number of nitrogens with one attached hydrogen (secondary N) is 1. The molecule has 0 radical (unpaired) electrons. The van der Waals surface area contributed by atoms with Crippen LogP contribution in [0.5, 0.6) is 0 Å². The molecule has 0 aliphatic heterocycles. The predicted molar refractivity (Wildman–Crippen MR) is 70.9 cm³/mol. The lowest BCUT2D eigenvalue weighted by Gasteiger charge is -2.22. The van der Waals surface area contributed by atoms with Crippen molar-refractivity contribution in [3.05, 3.63) is 28.2 Å². The van der Waals surface area contributed by atoms with Crippen LogP contribution in [-0.4, -0.2) is 26.8 Å². The van der Waals surface area contributed by atoms with E-state index < -0.39 is 12.7 Å². The highest BCUT2D eigenvalue weighted by atomic mass is 79.9. The van der Waals surface area contributed by atoms with Crippen LogP contribution in [0.2, 0.25) is 0 Å². The van der Waals surface area contributed by atoms with Gasteiger partial charge in [0.1, 0.15) is 6.54 Å². The molecule has 1 atom stereocenters. The molecule has 0 bridgehead atoms. The molecular formula is C12H16BrF3N2. The zero-order chi connectivity index (χ0) is 13.9. The fraction of sp³-hybridized carbons (Fsp3) is 0.500. The summed E-state index contributed by atoms with van der Waals surface area (Å²) in [6, 6.07) is 5.36. The van der Waals surface area contributed by atoms with Crippen LogP contribution >= 0.6 is 15.9 Å². The maximum Gasteiger partial charge on any atom is 0.405 e. The second-order valence-corrected chi connectivity index (χ2v) is 5.04. The number of alkyl halides is 3. The third-order valence-electron chi connectivity index (χ3n) is 2.74. The van der Waals surface area contributed by atoms with E-state index in [1.165, 1.54) is 11.9 Å². The van der Waals surface area contributed by atoms with Crippen LogP contribution in [0.4, 0.5) is 18.9 Å². The molecule has 6 heteroatoms. The Hall–Kier alpha value is -0.750. The largest absolute Gasteiger partial charge is 0.405 e. The number of nitrogens with zero attached hydrogens (tertiary/aromatic N) is 1. The van der Waals surface area contributed by atoms with Crippen molar-refractivity contribution in [3.8, 4) is 0 Å². The Morgan fingerprint density at radius 3 is 2.44 bits per heavy atom. The van der Waals surface area contributed by atoms with E-state index in [0.29, 0.717) is 5.69 Å². The van der Waals surface area contributed by atoms with E-state index >= 15 is 0 Å². The first-order chi connectivity index (χ1) is 8.24. The lowest BCUT2D eigenvalue weighted by atomic mass is 10.1. The van der Waals surface area contributed by atoms with E-state index in [-0.39, 0.29) is 6.04 Å². The fourth-order valence-electron chi connectivity index (χ4n) is 1.62. The molecule has 0 amide bonds. The smallest absolute Gasteiger partial charge is 0.366 e. The molecule has 1 aromatic carbocycles. The number of rotatable bonds is 4. The van der Waals surface area contributed by atoms with Crippen molar-refractivity contribution < 1.29 is 13.2 Å². The molecule has 0 saturated heterocycles. The van der Waals surface area contributed by atoms with Gasteiger partial charge in [0, 0.05) is 23.2 Å². The normalized spacial score (nSPS) is 13.5. The predicted octanol–water partition coefficient (Wildman–Crippen LogP) is 3.73. The second kappa shape index (κ2) is 5.93. The summed E-state index contributed by atoms with van der Waals surface area (Å²) in [5.74, 6) is 0. The Kier molecular flexibility index (Phi) is 5.04. The molecule has 1 unspecified atom stereocenters. The van der Waals surface area contributed by atoms with E-state index in [0.717, 1.165) is 10.0 Å². The van der Waals surface area contributed by atoms with Crippen LogP contribution in [0.3, 0.4) is 0 Å². The first-order valence-electron chi connectivity index (χ1n) is 5.49. The minimum atomic E-state index is -4.20. The molecule has 0 spiro atoms. The Bertz CT molecular complexity index is 407. The Labute approximate surface area is 113 Å². The summed E-state index contributed by atoms with van der Waals surface area (Å²) in [7, 11) is 3.26. The summed E-state index contributed by atoms with van der Waals surface area (Å²) in [6.45, 7) is 1.03. The molecule has 1 rings (SSSR count). The van der Waals surface area contributed by atoms with Gasteiger partial charge in [0.25, 0.3) is 0 Å². The summed E-state index contributed by atoms with van der Waals surface area (Å²) in [5, 5.41) is 3.09. The molecular weight excluding hydrogens is 309 g/mol. The molecule has 18 heavy (non-hydrogen) atoms. The Morgan fingerprint density at radius 1 is 1.39 bits per heavy atom. The second-order valence-electron chi connectivity index (χ2n) is 4.19. The summed E-state index contributed by atoms with van der Waals surface area (Å²) in [5.41, 5.74) is 1.55. The highest BCUT2D eigenvalue weighted by molar-refractivity contribution is 9.10. The van der Waals surface area contributed by atoms with Gasteiger partial charge in [0.05, 0.1) is 0 Å². The Morgan fingerprint density at radius 2 is 2.00 bits per heavy atom. The quantitative estimate of drug-likeness (QED) is 0.907. The molecule has 0 aliphatic carbocycles. The summed E-state index contributed by atoms with van der Waals surface area (Å²) in [6.07, 6.45) is -4.20. The first kappa shape index (κ1) is 15.3. The molecule has 102 valence electrons. The van der Waals surface area contributed by atoms with Crippen molar-refractivity contribution in [2.75, 3.05) is 25.5 Å². The molecule has 0 aliphatic rings. The van der Waals surface area contributed by atoms with Crippen molar-refractivity contribution in [1.82, 2.24) is 5.32 Å². The van der Waals surface area contributed by atoms with Crippen molar-refractivity contribution in [2.24, 2.45) is 0 Å². The third-order valence-corrected chi connectivity index (χ3v) is 3.43. The molecule has 1 N–H and O–H groups in total. The van der Waals surface area contributed by atoms with Gasteiger partial charge in [-0.3, -0.25) is 0 Å². The number of hydrogen-bond acceptors (Lipinski definition) is 2. The standard InChI is InChI=1S/C12H16BrF3N2/c1-8(17-2)10-5-4-9(6-11(10)13)18(3)7-12(14,15)16/h4-6,8,17H,7H2,1-3H3. The van der Waals surface area contributed by atoms with E-state index in [1.807, 2.05) is 20.0 Å². The van der Waals surface area contributed by atoms with Crippen LogP contribution in [0.15, 0.2) is 22.7 Å². The van der Waals surface area contributed by atoms with Crippen LogP contribution in [0, 0.1) is 0 Å². The minimum Gasteiger partial charge on any atom is -0.366 e. The van der Waals surface area contributed by atoms with E-state index in [1.54, 1.807) is 12.1 Å². The van der Waals surface area contributed by atoms with Crippen molar-refractivity contribution >= 4 is 21.6 Å². The maximum atomic E-state index is 12.3. The van der Waals surface area contributed by atoms with Gasteiger partial charge in [-0.15, -0.1) is 0 Å². The van der Waals surface area contributed by atoms with Gasteiger partial charge in [0.15, 0.2) is 0 Å². The monoisotopic (exact) mass is 324 g/mol. The molecule has 0 saturated carbocycles. The lowest BCUT2D eigenvalue weighted by Crippen LogP contribution is -2.30. The zero-order valence-electron chi connectivity index (χ0n) is 10.5. The number of hydrogen-bond donors (Lipinski definition) is 1. The number of halogens is 4. The SMILES string of the molecule is CNC(C)c1ccc(N(C)CC(F)(F)F)cc1Br. The minimum absolute atomic E-state index is 0.140. The Balaban J connectivity index is 2.90. The van der Waals surface area contributed by atoms with Crippen LogP contribution < -0.4 is 10.2 Å². The summed E-state index contributed by atoms with van der Waals surface area (Å²) in [4.78, 5) is 1.18. The van der Waals surface area contributed by atoms with Crippen LogP contribution in [0.25, 0.3) is 0 Å². The van der Waals surface area contributed by atoms with E-state index in [9.17, 15) is 13.2 Å². The molecule has 1 aromatic rings. The van der Waals surface area contributed by atoms with E-state index in [2.05, 4.69) is 21.2 Å². The third kappa shape index (κ3) is 4.17. The van der Waals surface area contributed by atoms with Gasteiger partial charge >= 0.3 is 6.18 Å². The van der Waals surface area contributed by atoms with Gasteiger partial charge in [-0.1, -0.05) is 22.0 Å².